The molecule has 65 heavy (non-hydrogen) atoms. The van der Waals surface area contributed by atoms with Crippen LogP contribution in [0.15, 0.2) is 162 Å². The number of aromatic nitrogens is 1. The Hall–Kier alpha value is -7.40. The van der Waals surface area contributed by atoms with Crippen LogP contribution in [-0.2, 0) is 38.3 Å². The molecular formula is C54H54FNO9. The molecule has 336 valence electrons. The zero-order valence-corrected chi connectivity index (χ0v) is 37.3. The van der Waals surface area contributed by atoms with E-state index in [0.717, 1.165) is 39.3 Å². The topological polar surface area (TPSA) is 127 Å². The number of halogens is 1. The van der Waals surface area contributed by atoms with Gasteiger partial charge in [0.05, 0.1) is 25.5 Å². The highest BCUT2D eigenvalue weighted by molar-refractivity contribution is 5.80. The summed E-state index contributed by atoms with van der Waals surface area (Å²) in [6, 6.07) is 47.0. The number of phenolic OH excluding ortho intramolecular Hbond substituents is 1. The molecule has 1 aromatic heterocycles. The summed E-state index contributed by atoms with van der Waals surface area (Å²) in [5.74, 6) is 2.28. The number of ether oxygens (including phenoxy) is 5. The number of carbonyl (C=O) groups is 2. The van der Waals surface area contributed by atoms with Crippen molar-refractivity contribution >= 4 is 11.9 Å². The maximum atomic E-state index is 13.3. The number of nitrogens with zero attached hydrogens (tertiary/aromatic N) is 1. The van der Waals surface area contributed by atoms with Gasteiger partial charge < -0.3 is 33.2 Å². The first-order chi connectivity index (χ1) is 31.4. The maximum absolute atomic E-state index is 13.3. The van der Waals surface area contributed by atoms with Gasteiger partial charge in [-0.3, -0.25) is 0 Å². The fourth-order valence-corrected chi connectivity index (χ4v) is 6.98. The molecule has 0 aliphatic heterocycles. The molecule has 7 aromatic rings. The lowest BCUT2D eigenvalue weighted by atomic mass is 9.96. The molecule has 6 aromatic carbocycles. The molecule has 0 saturated carbocycles. The molecular weight excluding hydrogens is 826 g/mol. The van der Waals surface area contributed by atoms with Gasteiger partial charge in [0.2, 0.25) is 17.1 Å². The number of carbonyl (C=O) groups excluding carboxylic acids is 2. The number of oxazole rings is 1. The van der Waals surface area contributed by atoms with Gasteiger partial charge in [0.1, 0.15) is 34.6 Å². The average molecular weight is 880 g/mol. The van der Waals surface area contributed by atoms with Crippen molar-refractivity contribution in [3.63, 3.8) is 0 Å². The van der Waals surface area contributed by atoms with E-state index in [9.17, 15) is 19.1 Å². The van der Waals surface area contributed by atoms with Crippen LogP contribution >= 0.6 is 0 Å². The minimum Gasteiger partial charge on any atom is -0.508 e. The van der Waals surface area contributed by atoms with Crippen molar-refractivity contribution in [3.8, 4) is 45.6 Å². The largest absolute Gasteiger partial charge is 0.508 e. The SMILES string of the molecule is CCOC(=O)C(C)(Cc1ccc(O)cc1)Oc1ccccc1.CCOC(=O)C(C)(Cc1ccc(OCCc2nc(-c3cccc(-c4ccc(F)cc4)c3)oc2C)cc1)Oc1ccccc1. The summed E-state index contributed by atoms with van der Waals surface area (Å²) in [6.45, 7) is 9.88. The number of phenols is 1. The van der Waals surface area contributed by atoms with Crippen molar-refractivity contribution in [3.05, 3.63) is 186 Å². The molecule has 0 aliphatic carbocycles. The van der Waals surface area contributed by atoms with E-state index in [0.29, 0.717) is 55.6 Å². The summed E-state index contributed by atoms with van der Waals surface area (Å²) in [6.07, 6.45) is 1.26. The molecule has 0 spiro atoms. The standard InChI is InChI=1S/C36H34FNO5.C18H20O4/c1-4-40-35(39)36(3,43-32-11-6-5-7-12-32)24-26-13-19-31(20-14-26)41-22-21-33-25(2)42-34(38-33)29-10-8-9-28(23-29)27-15-17-30(37)18-16-27;1-3-21-17(20)18(2,22-16-7-5-4-6-8-16)13-14-9-11-15(19)12-10-14/h5-20,23H,4,21-22,24H2,1-3H3;4-12,19H,3,13H2,1-2H3. The predicted octanol–water partition coefficient (Wildman–Crippen LogP) is 11.4. The third-order valence-corrected chi connectivity index (χ3v) is 10.3. The Kier molecular flexibility index (Phi) is 16.1. The first-order valence-corrected chi connectivity index (χ1v) is 21.5. The van der Waals surface area contributed by atoms with Crippen LogP contribution in [0, 0.1) is 12.7 Å². The van der Waals surface area contributed by atoms with Crippen LogP contribution in [0.2, 0.25) is 0 Å². The van der Waals surface area contributed by atoms with Gasteiger partial charge in [0, 0.05) is 24.8 Å². The summed E-state index contributed by atoms with van der Waals surface area (Å²) >= 11 is 0. The molecule has 1 N–H and O–H groups in total. The van der Waals surface area contributed by atoms with E-state index in [1.807, 2.05) is 104 Å². The molecule has 2 unspecified atom stereocenters. The van der Waals surface area contributed by atoms with Crippen LogP contribution in [-0.4, -0.2) is 53.1 Å². The minimum atomic E-state index is -1.18. The van der Waals surface area contributed by atoms with Crippen LogP contribution in [0.4, 0.5) is 4.39 Å². The number of hydrogen-bond donors (Lipinski definition) is 1. The molecule has 0 amide bonds. The number of benzene rings is 6. The monoisotopic (exact) mass is 879 g/mol. The van der Waals surface area contributed by atoms with Crippen LogP contribution in [0.5, 0.6) is 23.0 Å². The fourth-order valence-electron chi connectivity index (χ4n) is 6.98. The number of para-hydroxylation sites is 2. The molecule has 11 heteroatoms. The molecule has 0 aliphatic rings. The van der Waals surface area contributed by atoms with Gasteiger partial charge in [-0.25, -0.2) is 19.0 Å². The Labute approximate surface area is 379 Å². The Balaban J connectivity index is 0.000000267. The van der Waals surface area contributed by atoms with E-state index >= 15 is 0 Å². The van der Waals surface area contributed by atoms with Crippen molar-refractivity contribution in [2.24, 2.45) is 0 Å². The van der Waals surface area contributed by atoms with Crippen molar-refractivity contribution in [1.29, 1.82) is 0 Å². The van der Waals surface area contributed by atoms with E-state index in [1.54, 1.807) is 76.2 Å². The van der Waals surface area contributed by atoms with Crippen molar-refractivity contribution in [2.45, 2.75) is 65.1 Å². The molecule has 0 saturated heterocycles. The molecule has 0 bridgehead atoms. The Morgan fingerprint density at radius 3 is 1.65 bits per heavy atom. The minimum absolute atomic E-state index is 0.186. The quantitative estimate of drug-likeness (QED) is 0.0832. The number of aryl methyl sites for hydroxylation is 1. The predicted molar refractivity (Wildman–Crippen MR) is 247 cm³/mol. The van der Waals surface area contributed by atoms with Crippen LogP contribution in [0.1, 0.15) is 50.3 Å². The van der Waals surface area contributed by atoms with Gasteiger partial charge in [-0.1, -0.05) is 84.9 Å². The van der Waals surface area contributed by atoms with Gasteiger partial charge in [-0.05, 0) is 130 Å². The van der Waals surface area contributed by atoms with E-state index in [1.165, 1.54) is 12.1 Å². The molecule has 2 atom stereocenters. The second kappa shape index (κ2) is 22.3. The van der Waals surface area contributed by atoms with Crippen molar-refractivity contribution in [1.82, 2.24) is 4.98 Å². The normalized spacial score (nSPS) is 12.6. The van der Waals surface area contributed by atoms with Gasteiger partial charge in [-0.15, -0.1) is 0 Å². The number of hydrogen-bond acceptors (Lipinski definition) is 10. The van der Waals surface area contributed by atoms with E-state index in [4.69, 9.17) is 33.1 Å². The zero-order valence-electron chi connectivity index (χ0n) is 37.3. The lowest BCUT2D eigenvalue weighted by Gasteiger charge is -2.28. The molecule has 0 fully saturated rings. The number of aromatic hydroxyl groups is 1. The first kappa shape index (κ1) is 47.1. The molecule has 10 nitrogen and oxygen atoms in total. The van der Waals surface area contributed by atoms with E-state index in [-0.39, 0.29) is 18.2 Å². The Bertz CT molecular complexity index is 2580. The average Bonchev–Trinajstić information content (AvgIpc) is 3.68. The summed E-state index contributed by atoms with van der Waals surface area (Å²) in [7, 11) is 0. The first-order valence-electron chi connectivity index (χ1n) is 21.5. The molecule has 7 rings (SSSR count). The van der Waals surface area contributed by atoms with Crippen LogP contribution < -0.4 is 14.2 Å². The second-order valence-corrected chi connectivity index (χ2v) is 15.6. The van der Waals surface area contributed by atoms with Crippen LogP contribution in [0.3, 0.4) is 0 Å². The summed E-state index contributed by atoms with van der Waals surface area (Å²) in [4.78, 5) is 29.9. The summed E-state index contributed by atoms with van der Waals surface area (Å²) in [5, 5.41) is 9.36. The highest BCUT2D eigenvalue weighted by Gasteiger charge is 2.39. The fraction of sp³-hybridized carbons (Fsp3) is 0.241. The Morgan fingerprint density at radius 1 is 0.615 bits per heavy atom. The summed E-state index contributed by atoms with van der Waals surface area (Å²) in [5.41, 5.74) is 3.02. The third-order valence-electron chi connectivity index (χ3n) is 10.3. The van der Waals surface area contributed by atoms with Gasteiger partial charge in [-0.2, -0.15) is 0 Å². The lowest BCUT2D eigenvalue weighted by Crippen LogP contribution is -2.45. The number of rotatable bonds is 18. The zero-order chi connectivity index (χ0) is 46.2. The van der Waals surface area contributed by atoms with E-state index < -0.39 is 23.1 Å². The highest BCUT2D eigenvalue weighted by Crippen LogP contribution is 2.29. The number of esters is 2. The third kappa shape index (κ3) is 13.3. The second-order valence-electron chi connectivity index (χ2n) is 15.6. The highest BCUT2D eigenvalue weighted by atomic mass is 19.1. The Morgan fingerprint density at radius 2 is 1.12 bits per heavy atom. The lowest BCUT2D eigenvalue weighted by molar-refractivity contribution is -0.160. The van der Waals surface area contributed by atoms with Gasteiger partial charge >= 0.3 is 11.9 Å². The smallest absolute Gasteiger partial charge is 0.350 e. The molecule has 0 radical (unpaired) electrons. The maximum Gasteiger partial charge on any atom is 0.350 e. The van der Waals surface area contributed by atoms with Gasteiger partial charge in [0.15, 0.2) is 0 Å². The van der Waals surface area contributed by atoms with Crippen LogP contribution in [0.25, 0.3) is 22.6 Å². The van der Waals surface area contributed by atoms with Gasteiger partial charge in [0.25, 0.3) is 0 Å². The summed E-state index contributed by atoms with van der Waals surface area (Å²) < 4.78 is 47.8. The molecule has 1 heterocycles. The van der Waals surface area contributed by atoms with Crippen molar-refractivity contribution < 1.29 is 47.2 Å². The van der Waals surface area contributed by atoms with E-state index in [2.05, 4.69) is 0 Å². The van der Waals surface area contributed by atoms with Crippen molar-refractivity contribution in [2.75, 3.05) is 19.8 Å².